The molecule has 0 N–H and O–H groups in total. The molecule has 0 spiro atoms. The second-order valence-electron chi connectivity index (χ2n) is 4.72. The van der Waals surface area contributed by atoms with E-state index in [4.69, 9.17) is 0 Å². The second-order valence-corrected chi connectivity index (χ2v) is 4.72. The molecule has 0 aromatic rings. The van der Waals surface area contributed by atoms with Crippen molar-refractivity contribution in [2.24, 2.45) is 5.92 Å². The topological polar surface area (TPSA) is 17.1 Å². The zero-order valence-corrected chi connectivity index (χ0v) is 9.48. The highest BCUT2D eigenvalue weighted by Crippen LogP contribution is 2.27. The van der Waals surface area contributed by atoms with Crippen molar-refractivity contribution in [3.8, 4) is 0 Å². The van der Waals surface area contributed by atoms with E-state index in [2.05, 4.69) is 0 Å². The van der Waals surface area contributed by atoms with Gasteiger partial charge in [0.2, 0.25) is 0 Å². The molecule has 4 heteroatoms. The number of hydrogen-bond acceptors (Lipinski definition) is 1. The molecule has 0 amide bonds. The van der Waals surface area contributed by atoms with Gasteiger partial charge < -0.3 is 0 Å². The van der Waals surface area contributed by atoms with E-state index < -0.39 is 12.6 Å². The van der Waals surface area contributed by atoms with Crippen molar-refractivity contribution in [3.05, 3.63) is 0 Å². The first-order chi connectivity index (χ1) is 7.47. The third kappa shape index (κ3) is 6.13. The van der Waals surface area contributed by atoms with Crippen LogP contribution >= 0.6 is 0 Å². The van der Waals surface area contributed by atoms with Crippen LogP contribution in [-0.4, -0.2) is 12.0 Å². The average Bonchev–Trinajstić information content (AvgIpc) is 2.42. The van der Waals surface area contributed by atoms with Crippen LogP contribution in [0.1, 0.15) is 57.8 Å². The lowest BCUT2D eigenvalue weighted by Gasteiger charge is -2.13. The number of carbonyl (C=O) groups is 1. The summed E-state index contributed by atoms with van der Waals surface area (Å²) in [6.07, 6.45) is 1.54. The lowest BCUT2D eigenvalue weighted by molar-refractivity contribution is -0.143. The molecule has 0 unspecified atom stereocenters. The molecule has 1 aliphatic carbocycles. The molecule has 1 nitrogen and oxygen atoms in total. The minimum absolute atomic E-state index is 0.218. The number of carbonyl (C=O) groups excluding carboxylic acids is 1. The number of Topliss-reactive ketones (excluding diaryl/α,β-unsaturated/α-hetero) is 1. The molecule has 0 saturated heterocycles. The lowest BCUT2D eigenvalue weighted by atomic mass is 9.93. The van der Waals surface area contributed by atoms with Crippen molar-refractivity contribution in [3.63, 3.8) is 0 Å². The van der Waals surface area contributed by atoms with Crippen LogP contribution in [0, 0.1) is 5.92 Å². The van der Waals surface area contributed by atoms with Gasteiger partial charge in [-0.1, -0.05) is 38.5 Å². The highest BCUT2D eigenvalue weighted by molar-refractivity contribution is 5.78. The monoisotopic (exact) mass is 236 g/mol. The van der Waals surface area contributed by atoms with E-state index in [-0.39, 0.29) is 12.2 Å². The van der Waals surface area contributed by atoms with Gasteiger partial charge in [-0.05, 0) is 5.92 Å². The summed E-state index contributed by atoms with van der Waals surface area (Å²) < 4.78 is 35.7. The van der Waals surface area contributed by atoms with E-state index in [1.807, 2.05) is 0 Å². The number of halogens is 3. The normalized spacial score (nSPS) is 19.4. The van der Waals surface area contributed by atoms with Crippen molar-refractivity contribution >= 4 is 5.78 Å². The summed E-state index contributed by atoms with van der Waals surface area (Å²) in [5.74, 6) is 0.118. The molecule has 1 fully saturated rings. The zero-order valence-electron chi connectivity index (χ0n) is 9.48. The maximum Gasteiger partial charge on any atom is 0.389 e. The molecule has 0 aliphatic heterocycles. The summed E-state index contributed by atoms with van der Waals surface area (Å²) in [5, 5.41) is 0. The Morgan fingerprint density at radius 2 is 1.62 bits per heavy atom. The first kappa shape index (κ1) is 13.5. The largest absolute Gasteiger partial charge is 0.389 e. The minimum Gasteiger partial charge on any atom is -0.300 e. The molecule has 94 valence electrons. The molecule has 0 aromatic carbocycles. The molecule has 0 heterocycles. The fraction of sp³-hybridized carbons (Fsp3) is 0.917. The highest BCUT2D eigenvalue weighted by Gasteiger charge is 2.28. The van der Waals surface area contributed by atoms with Gasteiger partial charge in [0.25, 0.3) is 0 Å². The van der Waals surface area contributed by atoms with Gasteiger partial charge in [0.15, 0.2) is 0 Å². The van der Waals surface area contributed by atoms with E-state index in [0.29, 0.717) is 12.3 Å². The third-order valence-corrected chi connectivity index (χ3v) is 3.18. The summed E-state index contributed by atoms with van der Waals surface area (Å²) in [6, 6.07) is 0. The summed E-state index contributed by atoms with van der Waals surface area (Å²) in [5.41, 5.74) is 0. The Balaban J connectivity index is 2.22. The van der Waals surface area contributed by atoms with Crippen molar-refractivity contribution in [1.29, 1.82) is 0 Å². The van der Waals surface area contributed by atoms with E-state index >= 15 is 0 Å². The predicted molar refractivity (Wildman–Crippen MR) is 56.1 cm³/mol. The smallest absolute Gasteiger partial charge is 0.300 e. The molecule has 0 aromatic heterocycles. The third-order valence-electron chi connectivity index (χ3n) is 3.18. The summed E-state index contributed by atoms with van der Waals surface area (Å²) in [7, 11) is 0. The van der Waals surface area contributed by atoms with Gasteiger partial charge in [-0.2, -0.15) is 13.2 Å². The number of hydrogen-bond donors (Lipinski definition) is 0. The van der Waals surface area contributed by atoms with Crippen LogP contribution in [0.15, 0.2) is 0 Å². The predicted octanol–water partition coefficient (Wildman–Crippen LogP) is 4.26. The summed E-state index contributed by atoms with van der Waals surface area (Å²) >= 11 is 0. The van der Waals surface area contributed by atoms with Crippen LogP contribution in [-0.2, 0) is 4.79 Å². The Labute approximate surface area is 94.4 Å². The van der Waals surface area contributed by atoms with Crippen LogP contribution in [0.2, 0.25) is 0 Å². The van der Waals surface area contributed by atoms with Crippen molar-refractivity contribution < 1.29 is 18.0 Å². The number of alkyl halides is 3. The molecule has 1 saturated carbocycles. The van der Waals surface area contributed by atoms with E-state index in [1.165, 1.54) is 12.8 Å². The van der Waals surface area contributed by atoms with Gasteiger partial charge in [-0.15, -0.1) is 0 Å². The first-order valence-electron chi connectivity index (χ1n) is 6.06. The van der Waals surface area contributed by atoms with Crippen molar-refractivity contribution in [1.82, 2.24) is 0 Å². The maximum absolute atomic E-state index is 11.9. The summed E-state index contributed by atoms with van der Waals surface area (Å²) in [4.78, 5) is 11.4. The SMILES string of the molecule is O=C(CCC(F)(F)F)CC1CCCCCC1. The van der Waals surface area contributed by atoms with Crippen molar-refractivity contribution in [2.45, 2.75) is 64.0 Å². The molecule has 1 aliphatic rings. The van der Waals surface area contributed by atoms with Gasteiger partial charge in [0, 0.05) is 12.8 Å². The van der Waals surface area contributed by atoms with Gasteiger partial charge in [0.1, 0.15) is 5.78 Å². The summed E-state index contributed by atoms with van der Waals surface area (Å²) in [6.45, 7) is 0. The standard InChI is InChI=1S/C12H19F3O/c13-12(14,15)8-7-11(16)9-10-5-3-1-2-4-6-10/h10H,1-9H2. The van der Waals surface area contributed by atoms with Gasteiger partial charge in [-0.25, -0.2) is 0 Å². The fourth-order valence-electron chi connectivity index (χ4n) is 2.27. The lowest BCUT2D eigenvalue weighted by Crippen LogP contribution is -2.13. The molecule has 16 heavy (non-hydrogen) atoms. The molecular weight excluding hydrogens is 217 g/mol. The van der Waals surface area contributed by atoms with E-state index in [0.717, 1.165) is 25.7 Å². The maximum atomic E-state index is 11.9. The minimum atomic E-state index is -4.20. The van der Waals surface area contributed by atoms with Crippen LogP contribution in [0.4, 0.5) is 13.2 Å². The Morgan fingerprint density at radius 1 is 1.06 bits per heavy atom. The Kier molecular flexibility index (Phi) is 5.29. The van der Waals surface area contributed by atoms with E-state index in [1.54, 1.807) is 0 Å². The molecular formula is C12H19F3O. The number of rotatable bonds is 4. The van der Waals surface area contributed by atoms with Crippen LogP contribution in [0.3, 0.4) is 0 Å². The van der Waals surface area contributed by atoms with Crippen LogP contribution in [0.25, 0.3) is 0 Å². The quantitative estimate of drug-likeness (QED) is 0.666. The van der Waals surface area contributed by atoms with E-state index in [9.17, 15) is 18.0 Å². The van der Waals surface area contributed by atoms with Crippen LogP contribution < -0.4 is 0 Å². The second kappa shape index (κ2) is 6.26. The highest BCUT2D eigenvalue weighted by atomic mass is 19.4. The Morgan fingerprint density at radius 3 is 2.12 bits per heavy atom. The molecule has 1 rings (SSSR count). The number of ketones is 1. The first-order valence-corrected chi connectivity index (χ1v) is 6.06. The van der Waals surface area contributed by atoms with Gasteiger partial charge in [0.05, 0.1) is 6.42 Å². The zero-order chi connectivity index (χ0) is 12.0. The fourth-order valence-corrected chi connectivity index (χ4v) is 2.27. The van der Waals surface area contributed by atoms with Crippen LogP contribution in [0.5, 0.6) is 0 Å². The molecule has 0 bridgehead atoms. The Bertz CT molecular complexity index is 215. The molecule has 0 radical (unpaired) electrons. The Hall–Kier alpha value is -0.540. The van der Waals surface area contributed by atoms with Crippen molar-refractivity contribution in [2.75, 3.05) is 0 Å². The average molecular weight is 236 g/mol. The van der Waals surface area contributed by atoms with Gasteiger partial charge in [-0.3, -0.25) is 4.79 Å². The molecule has 0 atom stereocenters. The van der Waals surface area contributed by atoms with Gasteiger partial charge >= 0.3 is 6.18 Å².